The number of hydrogen-bond donors (Lipinski definition) is 3. The molecule has 1 aromatic heterocycles. The first-order valence-corrected chi connectivity index (χ1v) is 8.05. The standard InChI is InChI=1S/C14H18N4O2S/c19-12-11(21-14(20)18-12)8-10-6-7-15-13(17-10)16-9-4-2-1-3-5-9/h6-9,14,20H,1-5H2,(H,18,19)(H,15,16,17). The summed E-state index contributed by atoms with van der Waals surface area (Å²) < 4.78 is 0. The Bertz CT molecular complexity index is 558. The Labute approximate surface area is 127 Å². The highest BCUT2D eigenvalue weighted by Gasteiger charge is 2.25. The number of carbonyl (C=O) groups excluding carboxylic acids is 1. The molecule has 2 aliphatic rings. The molecule has 3 N–H and O–H groups in total. The fourth-order valence-electron chi connectivity index (χ4n) is 2.57. The molecule has 2 heterocycles. The third-order valence-electron chi connectivity index (χ3n) is 3.61. The first-order chi connectivity index (χ1) is 10.2. The minimum atomic E-state index is -0.870. The SMILES string of the molecule is O=C1NC(O)SC1=Cc1ccnc(NC2CCCCC2)n1. The van der Waals surface area contributed by atoms with E-state index in [4.69, 9.17) is 0 Å². The molecule has 112 valence electrons. The van der Waals surface area contributed by atoms with E-state index in [9.17, 15) is 9.90 Å². The maximum absolute atomic E-state index is 11.6. The van der Waals surface area contributed by atoms with Gasteiger partial charge in [0.05, 0.1) is 10.6 Å². The molecule has 0 aromatic carbocycles. The van der Waals surface area contributed by atoms with Crippen LogP contribution in [-0.2, 0) is 4.79 Å². The molecule has 0 radical (unpaired) electrons. The van der Waals surface area contributed by atoms with Crippen LogP contribution in [-0.4, -0.2) is 32.6 Å². The lowest BCUT2D eigenvalue weighted by molar-refractivity contribution is -0.117. The van der Waals surface area contributed by atoms with Crippen LogP contribution in [0.15, 0.2) is 17.2 Å². The number of anilines is 1. The first-order valence-electron chi connectivity index (χ1n) is 7.17. The summed E-state index contributed by atoms with van der Waals surface area (Å²) in [5, 5.41) is 15.1. The van der Waals surface area contributed by atoms with Gasteiger partial charge in [-0.15, -0.1) is 0 Å². The van der Waals surface area contributed by atoms with Crippen LogP contribution in [0.5, 0.6) is 0 Å². The molecule has 1 unspecified atom stereocenters. The Kier molecular flexibility index (Phi) is 4.40. The Morgan fingerprint density at radius 1 is 1.38 bits per heavy atom. The number of nitrogens with one attached hydrogen (secondary N) is 2. The minimum Gasteiger partial charge on any atom is -0.364 e. The van der Waals surface area contributed by atoms with Crippen LogP contribution in [0.2, 0.25) is 0 Å². The molecule has 21 heavy (non-hydrogen) atoms. The van der Waals surface area contributed by atoms with Crippen LogP contribution in [0.25, 0.3) is 6.08 Å². The molecule has 1 atom stereocenters. The molecule has 1 aliphatic heterocycles. The summed E-state index contributed by atoms with van der Waals surface area (Å²) in [6.45, 7) is 0. The number of aromatic nitrogens is 2. The van der Waals surface area contributed by atoms with Gasteiger partial charge in [-0.1, -0.05) is 31.0 Å². The number of hydrogen-bond acceptors (Lipinski definition) is 6. The maximum atomic E-state index is 11.6. The highest BCUT2D eigenvalue weighted by atomic mass is 32.2. The molecule has 1 saturated carbocycles. The van der Waals surface area contributed by atoms with Crippen molar-refractivity contribution in [1.82, 2.24) is 15.3 Å². The van der Waals surface area contributed by atoms with Crippen molar-refractivity contribution in [2.45, 2.75) is 43.7 Å². The van der Waals surface area contributed by atoms with Crippen LogP contribution >= 0.6 is 11.8 Å². The minimum absolute atomic E-state index is 0.270. The maximum Gasteiger partial charge on any atom is 0.260 e. The zero-order chi connectivity index (χ0) is 14.7. The summed E-state index contributed by atoms with van der Waals surface area (Å²) in [6.07, 6.45) is 9.45. The van der Waals surface area contributed by atoms with E-state index >= 15 is 0 Å². The van der Waals surface area contributed by atoms with E-state index in [1.165, 1.54) is 19.3 Å². The lowest BCUT2D eigenvalue weighted by Crippen LogP contribution is -2.23. The number of carbonyl (C=O) groups is 1. The highest BCUT2D eigenvalue weighted by Crippen LogP contribution is 2.27. The van der Waals surface area contributed by atoms with Crippen molar-refractivity contribution in [1.29, 1.82) is 0 Å². The summed E-state index contributed by atoms with van der Waals surface area (Å²) in [5.41, 5.74) is -0.208. The molecular weight excluding hydrogens is 288 g/mol. The smallest absolute Gasteiger partial charge is 0.260 e. The van der Waals surface area contributed by atoms with Crippen LogP contribution < -0.4 is 10.6 Å². The number of nitrogens with zero attached hydrogens (tertiary/aromatic N) is 2. The fourth-order valence-corrected chi connectivity index (χ4v) is 3.33. The lowest BCUT2D eigenvalue weighted by Gasteiger charge is -2.22. The van der Waals surface area contributed by atoms with Gasteiger partial charge in [-0.2, -0.15) is 0 Å². The van der Waals surface area contributed by atoms with Crippen molar-refractivity contribution < 1.29 is 9.90 Å². The summed E-state index contributed by atoms with van der Waals surface area (Å²) in [7, 11) is 0. The molecule has 1 amide bonds. The van der Waals surface area contributed by atoms with Gasteiger partial charge in [0.2, 0.25) is 5.95 Å². The van der Waals surface area contributed by atoms with E-state index in [0.29, 0.717) is 22.6 Å². The Hall–Kier alpha value is -1.60. The Morgan fingerprint density at radius 2 is 2.19 bits per heavy atom. The summed E-state index contributed by atoms with van der Waals surface area (Å²) in [5.74, 6) is 0.327. The second kappa shape index (κ2) is 6.44. The van der Waals surface area contributed by atoms with Crippen LogP contribution in [0.3, 0.4) is 0 Å². The van der Waals surface area contributed by atoms with Crippen LogP contribution in [0, 0.1) is 0 Å². The average molecular weight is 306 g/mol. The van der Waals surface area contributed by atoms with E-state index in [0.717, 1.165) is 24.6 Å². The Morgan fingerprint density at radius 3 is 2.90 bits per heavy atom. The van der Waals surface area contributed by atoms with E-state index in [1.54, 1.807) is 18.3 Å². The molecule has 0 bridgehead atoms. The molecule has 1 aromatic rings. The molecule has 1 aliphatic carbocycles. The molecule has 0 spiro atoms. The van der Waals surface area contributed by atoms with E-state index in [1.807, 2.05) is 0 Å². The Balaban J connectivity index is 1.71. The van der Waals surface area contributed by atoms with E-state index in [-0.39, 0.29) is 5.91 Å². The van der Waals surface area contributed by atoms with Gasteiger partial charge in [0, 0.05) is 12.2 Å². The third kappa shape index (κ3) is 3.74. The first kappa shape index (κ1) is 14.3. The molecule has 1 saturated heterocycles. The quantitative estimate of drug-likeness (QED) is 0.737. The highest BCUT2D eigenvalue weighted by molar-refractivity contribution is 8.05. The van der Waals surface area contributed by atoms with Crippen molar-refractivity contribution in [3.8, 4) is 0 Å². The zero-order valence-electron chi connectivity index (χ0n) is 11.6. The predicted molar refractivity (Wildman–Crippen MR) is 82.2 cm³/mol. The molecule has 3 rings (SSSR count). The number of aliphatic hydroxyl groups is 1. The summed E-state index contributed by atoms with van der Waals surface area (Å²) >= 11 is 1.09. The topological polar surface area (TPSA) is 87.1 Å². The van der Waals surface area contributed by atoms with Crippen molar-refractivity contribution in [3.05, 3.63) is 22.9 Å². The van der Waals surface area contributed by atoms with Crippen LogP contribution in [0.1, 0.15) is 37.8 Å². The van der Waals surface area contributed by atoms with Crippen molar-refractivity contribution in [3.63, 3.8) is 0 Å². The van der Waals surface area contributed by atoms with Gasteiger partial charge in [0.1, 0.15) is 0 Å². The van der Waals surface area contributed by atoms with E-state index in [2.05, 4.69) is 20.6 Å². The van der Waals surface area contributed by atoms with Gasteiger partial charge in [-0.05, 0) is 25.0 Å². The lowest BCUT2D eigenvalue weighted by atomic mass is 9.96. The monoisotopic (exact) mass is 306 g/mol. The fraction of sp³-hybridized carbons (Fsp3) is 0.500. The van der Waals surface area contributed by atoms with Gasteiger partial charge >= 0.3 is 0 Å². The van der Waals surface area contributed by atoms with Gasteiger partial charge in [-0.3, -0.25) is 4.79 Å². The summed E-state index contributed by atoms with van der Waals surface area (Å²) in [6, 6.07) is 2.19. The van der Waals surface area contributed by atoms with Gasteiger partial charge < -0.3 is 15.7 Å². The second-order valence-corrected chi connectivity index (χ2v) is 6.36. The van der Waals surface area contributed by atoms with Gasteiger partial charge in [0.25, 0.3) is 5.91 Å². The molecule has 2 fully saturated rings. The molecular formula is C14H18N4O2S. The van der Waals surface area contributed by atoms with Crippen molar-refractivity contribution in [2.75, 3.05) is 5.32 Å². The molecule has 7 heteroatoms. The van der Waals surface area contributed by atoms with Crippen LogP contribution in [0.4, 0.5) is 5.95 Å². The van der Waals surface area contributed by atoms with Crippen molar-refractivity contribution in [2.24, 2.45) is 0 Å². The summed E-state index contributed by atoms with van der Waals surface area (Å²) in [4.78, 5) is 20.7. The average Bonchev–Trinajstić information content (AvgIpc) is 2.78. The predicted octanol–water partition coefficient (Wildman–Crippen LogP) is 1.70. The number of amides is 1. The normalized spacial score (nSPS) is 25.1. The number of rotatable bonds is 3. The largest absolute Gasteiger partial charge is 0.364 e. The molecule has 6 nitrogen and oxygen atoms in total. The number of thioether (sulfide) groups is 1. The van der Waals surface area contributed by atoms with E-state index < -0.39 is 5.56 Å². The second-order valence-electron chi connectivity index (χ2n) is 5.24. The number of aliphatic hydroxyl groups excluding tert-OH is 1. The van der Waals surface area contributed by atoms with Gasteiger partial charge in [0.15, 0.2) is 5.56 Å². The third-order valence-corrected chi connectivity index (χ3v) is 4.51. The van der Waals surface area contributed by atoms with Gasteiger partial charge in [-0.25, -0.2) is 9.97 Å². The zero-order valence-corrected chi connectivity index (χ0v) is 12.4. The van der Waals surface area contributed by atoms with Crippen molar-refractivity contribution >= 4 is 29.7 Å².